The predicted molar refractivity (Wildman–Crippen MR) is 124 cm³/mol. The van der Waals surface area contributed by atoms with Crippen LogP contribution in [0.2, 0.25) is 0 Å². The number of hydrogen-bond donors (Lipinski definition) is 1. The third-order valence-corrected chi connectivity index (χ3v) is 4.99. The lowest BCUT2D eigenvalue weighted by molar-refractivity contribution is -0.119. The quantitative estimate of drug-likeness (QED) is 0.398. The minimum absolute atomic E-state index is 0.00610. The van der Waals surface area contributed by atoms with E-state index in [0.717, 1.165) is 16.7 Å². The highest BCUT2D eigenvalue weighted by Gasteiger charge is 2.24. The SMILES string of the molecule is Cc1ccc(C(=O)OCC(=O)Nc2oc(-c3ccccc3)c(-c3ccccc3)c2C#N)cc1. The van der Waals surface area contributed by atoms with Gasteiger partial charge in [-0.1, -0.05) is 78.4 Å². The third kappa shape index (κ3) is 4.83. The minimum atomic E-state index is -0.611. The molecule has 0 radical (unpaired) electrons. The number of rotatable bonds is 6. The van der Waals surface area contributed by atoms with Gasteiger partial charge in [-0.3, -0.25) is 10.1 Å². The average Bonchev–Trinajstić information content (AvgIpc) is 3.22. The molecule has 0 spiro atoms. The van der Waals surface area contributed by atoms with Gasteiger partial charge < -0.3 is 9.15 Å². The second-order valence-electron chi connectivity index (χ2n) is 7.34. The summed E-state index contributed by atoms with van der Waals surface area (Å²) < 4.78 is 11.1. The Morgan fingerprint density at radius 2 is 1.52 bits per heavy atom. The summed E-state index contributed by atoms with van der Waals surface area (Å²) in [6.45, 7) is 1.39. The average molecular weight is 436 g/mol. The van der Waals surface area contributed by atoms with Gasteiger partial charge in [0.25, 0.3) is 5.91 Å². The van der Waals surface area contributed by atoms with Crippen molar-refractivity contribution >= 4 is 17.8 Å². The number of amides is 1. The summed E-state index contributed by atoms with van der Waals surface area (Å²) in [4.78, 5) is 24.7. The molecule has 1 aromatic heterocycles. The zero-order valence-corrected chi connectivity index (χ0v) is 17.9. The topological polar surface area (TPSA) is 92.3 Å². The fourth-order valence-corrected chi connectivity index (χ4v) is 3.37. The van der Waals surface area contributed by atoms with Crippen LogP contribution in [-0.4, -0.2) is 18.5 Å². The first-order valence-corrected chi connectivity index (χ1v) is 10.3. The van der Waals surface area contributed by atoms with E-state index in [4.69, 9.17) is 9.15 Å². The Morgan fingerprint density at radius 1 is 0.909 bits per heavy atom. The number of ether oxygens (including phenoxy) is 1. The Morgan fingerprint density at radius 3 is 2.12 bits per heavy atom. The van der Waals surface area contributed by atoms with Gasteiger partial charge in [0.1, 0.15) is 17.4 Å². The van der Waals surface area contributed by atoms with Gasteiger partial charge in [0, 0.05) is 11.1 Å². The maximum Gasteiger partial charge on any atom is 0.338 e. The van der Waals surface area contributed by atoms with Crippen molar-refractivity contribution in [1.82, 2.24) is 0 Å². The number of furan rings is 1. The number of benzene rings is 3. The number of esters is 1. The van der Waals surface area contributed by atoms with E-state index >= 15 is 0 Å². The molecule has 0 fully saturated rings. The van der Waals surface area contributed by atoms with Crippen LogP contribution in [0, 0.1) is 18.3 Å². The number of carbonyl (C=O) groups is 2. The van der Waals surface area contributed by atoms with Crippen molar-refractivity contribution in [3.63, 3.8) is 0 Å². The lowest BCUT2D eigenvalue weighted by Crippen LogP contribution is -2.21. The van der Waals surface area contributed by atoms with Crippen molar-refractivity contribution in [3.05, 3.63) is 102 Å². The summed E-state index contributed by atoms with van der Waals surface area (Å²) in [5.41, 5.74) is 3.67. The summed E-state index contributed by atoms with van der Waals surface area (Å²) in [6, 6.07) is 27.6. The molecule has 162 valence electrons. The van der Waals surface area contributed by atoms with E-state index in [-0.39, 0.29) is 11.4 Å². The van der Waals surface area contributed by atoms with Gasteiger partial charge in [-0.25, -0.2) is 4.79 Å². The van der Waals surface area contributed by atoms with Gasteiger partial charge in [0.15, 0.2) is 6.61 Å². The summed E-state index contributed by atoms with van der Waals surface area (Å²) >= 11 is 0. The number of carbonyl (C=O) groups excluding carboxylic acids is 2. The molecule has 6 nitrogen and oxygen atoms in total. The van der Waals surface area contributed by atoms with E-state index in [1.54, 1.807) is 24.3 Å². The zero-order valence-electron chi connectivity index (χ0n) is 17.9. The first-order valence-electron chi connectivity index (χ1n) is 10.3. The molecule has 4 aromatic rings. The van der Waals surface area contributed by atoms with Crippen LogP contribution in [0.15, 0.2) is 89.3 Å². The van der Waals surface area contributed by atoms with Crippen LogP contribution in [0.4, 0.5) is 5.88 Å². The van der Waals surface area contributed by atoms with Crippen molar-refractivity contribution < 1.29 is 18.7 Å². The fourth-order valence-electron chi connectivity index (χ4n) is 3.37. The summed E-state index contributed by atoms with van der Waals surface area (Å²) in [6.07, 6.45) is 0. The molecule has 33 heavy (non-hydrogen) atoms. The molecule has 0 saturated heterocycles. The van der Waals surface area contributed by atoms with E-state index in [1.165, 1.54) is 0 Å². The Labute approximate surface area is 191 Å². The van der Waals surface area contributed by atoms with Crippen LogP contribution < -0.4 is 5.32 Å². The smallest absolute Gasteiger partial charge is 0.338 e. The molecular weight excluding hydrogens is 416 g/mol. The Kier molecular flexibility index (Phi) is 6.33. The van der Waals surface area contributed by atoms with Crippen molar-refractivity contribution in [2.75, 3.05) is 11.9 Å². The molecule has 4 rings (SSSR count). The predicted octanol–water partition coefficient (Wildman–Crippen LogP) is 5.59. The van der Waals surface area contributed by atoms with Crippen molar-refractivity contribution in [1.29, 1.82) is 5.26 Å². The lowest BCUT2D eigenvalue weighted by Gasteiger charge is -2.05. The molecule has 0 atom stereocenters. The molecule has 0 aliphatic carbocycles. The van der Waals surface area contributed by atoms with Gasteiger partial charge in [0.2, 0.25) is 5.88 Å². The first kappa shape index (κ1) is 21.6. The molecule has 3 aromatic carbocycles. The van der Waals surface area contributed by atoms with Gasteiger partial charge in [0.05, 0.1) is 5.56 Å². The van der Waals surface area contributed by atoms with Crippen molar-refractivity contribution in [2.24, 2.45) is 0 Å². The maximum absolute atomic E-state index is 12.5. The number of anilines is 1. The monoisotopic (exact) mass is 436 g/mol. The molecule has 1 heterocycles. The van der Waals surface area contributed by atoms with Crippen LogP contribution in [-0.2, 0) is 9.53 Å². The molecule has 1 amide bonds. The second kappa shape index (κ2) is 9.67. The normalized spacial score (nSPS) is 10.3. The Bertz CT molecular complexity index is 1320. The first-order chi connectivity index (χ1) is 16.1. The molecule has 0 bridgehead atoms. The molecule has 1 N–H and O–H groups in total. The standard InChI is InChI=1S/C27H20N2O4/c1-18-12-14-21(15-13-18)27(31)32-17-23(30)29-26-22(16-28)24(19-8-4-2-5-9-19)25(33-26)20-10-6-3-7-11-20/h2-15H,17H2,1H3,(H,29,30). The molecule has 0 aliphatic rings. The molecule has 0 unspecified atom stereocenters. The summed E-state index contributed by atoms with van der Waals surface area (Å²) in [5.74, 6) is -0.753. The lowest BCUT2D eigenvalue weighted by atomic mass is 9.98. The highest BCUT2D eigenvalue weighted by atomic mass is 16.5. The van der Waals surface area contributed by atoms with Gasteiger partial charge >= 0.3 is 5.97 Å². The van der Waals surface area contributed by atoms with E-state index in [2.05, 4.69) is 11.4 Å². The van der Waals surface area contributed by atoms with Crippen LogP contribution in [0.1, 0.15) is 21.5 Å². The van der Waals surface area contributed by atoms with E-state index in [9.17, 15) is 14.9 Å². The number of nitrogens with one attached hydrogen (secondary N) is 1. The maximum atomic E-state index is 12.5. The van der Waals surface area contributed by atoms with Crippen molar-refractivity contribution in [2.45, 2.75) is 6.92 Å². The number of aryl methyl sites for hydroxylation is 1. The number of nitriles is 1. The van der Waals surface area contributed by atoms with E-state index in [0.29, 0.717) is 16.9 Å². The molecular formula is C27H20N2O4. The zero-order chi connectivity index (χ0) is 23.2. The summed E-state index contributed by atoms with van der Waals surface area (Å²) in [5, 5.41) is 12.4. The molecule has 6 heteroatoms. The van der Waals surface area contributed by atoms with Crippen molar-refractivity contribution in [3.8, 4) is 28.5 Å². The minimum Gasteiger partial charge on any atom is -0.452 e. The number of hydrogen-bond acceptors (Lipinski definition) is 5. The third-order valence-electron chi connectivity index (χ3n) is 4.99. The highest BCUT2D eigenvalue weighted by Crippen LogP contribution is 2.41. The van der Waals surface area contributed by atoms with Gasteiger partial charge in [-0.2, -0.15) is 5.26 Å². The van der Waals surface area contributed by atoms with Gasteiger partial charge in [-0.15, -0.1) is 0 Å². The largest absolute Gasteiger partial charge is 0.452 e. The Hall–Kier alpha value is -4.63. The van der Waals surface area contributed by atoms with Crippen LogP contribution in [0.3, 0.4) is 0 Å². The van der Waals surface area contributed by atoms with E-state index in [1.807, 2.05) is 67.6 Å². The highest BCUT2D eigenvalue weighted by molar-refractivity contribution is 5.98. The summed E-state index contributed by atoms with van der Waals surface area (Å²) in [7, 11) is 0. The van der Waals surface area contributed by atoms with E-state index < -0.39 is 18.5 Å². The van der Waals surface area contributed by atoms with Crippen LogP contribution in [0.5, 0.6) is 0 Å². The second-order valence-corrected chi connectivity index (χ2v) is 7.34. The molecule has 0 aliphatic heterocycles. The van der Waals surface area contributed by atoms with Crippen LogP contribution >= 0.6 is 0 Å². The molecule has 0 saturated carbocycles. The fraction of sp³-hybridized carbons (Fsp3) is 0.0741. The number of nitrogens with zero attached hydrogens (tertiary/aromatic N) is 1. The van der Waals surface area contributed by atoms with Crippen LogP contribution in [0.25, 0.3) is 22.5 Å². The Balaban J connectivity index is 1.59. The van der Waals surface area contributed by atoms with Gasteiger partial charge in [-0.05, 0) is 24.6 Å².